The molecule has 160 valence electrons. The third-order valence-electron chi connectivity index (χ3n) is 5.92. The van der Waals surface area contributed by atoms with Gasteiger partial charge in [-0.25, -0.2) is 14.4 Å². The molecular formula is C22H26ClFN4O2. The fraction of sp³-hybridized carbons (Fsp3) is 0.500. The van der Waals surface area contributed by atoms with Crippen molar-refractivity contribution in [2.45, 2.75) is 45.1 Å². The lowest BCUT2D eigenvalue weighted by Crippen LogP contribution is -2.55. The predicted molar refractivity (Wildman–Crippen MR) is 113 cm³/mol. The minimum Gasteiger partial charge on any atom is -0.437 e. The van der Waals surface area contributed by atoms with E-state index in [9.17, 15) is 9.18 Å². The van der Waals surface area contributed by atoms with E-state index in [1.807, 2.05) is 4.90 Å². The number of anilines is 1. The highest BCUT2D eigenvalue weighted by molar-refractivity contribution is 6.32. The Morgan fingerprint density at radius 2 is 1.97 bits per heavy atom. The third-order valence-corrected chi connectivity index (χ3v) is 6.22. The zero-order chi connectivity index (χ0) is 21.1. The van der Waals surface area contributed by atoms with Gasteiger partial charge in [-0.1, -0.05) is 30.9 Å². The van der Waals surface area contributed by atoms with Crippen LogP contribution in [0.4, 0.5) is 10.2 Å². The van der Waals surface area contributed by atoms with Gasteiger partial charge in [-0.15, -0.1) is 0 Å². The fourth-order valence-electron chi connectivity index (χ4n) is 4.31. The molecule has 2 aromatic rings. The molecular weight excluding hydrogens is 407 g/mol. The molecule has 2 aliphatic rings. The first-order valence-electron chi connectivity index (χ1n) is 10.5. The highest BCUT2D eigenvalue weighted by Crippen LogP contribution is 2.31. The number of rotatable bonds is 4. The summed E-state index contributed by atoms with van der Waals surface area (Å²) in [4.78, 5) is 25.6. The summed E-state index contributed by atoms with van der Waals surface area (Å²) in [6, 6.07) is 5.80. The van der Waals surface area contributed by atoms with E-state index in [1.54, 1.807) is 6.07 Å². The van der Waals surface area contributed by atoms with Gasteiger partial charge >= 0.3 is 0 Å². The summed E-state index contributed by atoms with van der Waals surface area (Å²) in [7, 11) is 0. The quantitative estimate of drug-likeness (QED) is 0.702. The Balaban J connectivity index is 1.41. The van der Waals surface area contributed by atoms with Crippen LogP contribution in [0.5, 0.6) is 11.6 Å². The van der Waals surface area contributed by atoms with E-state index in [2.05, 4.69) is 21.8 Å². The molecule has 1 aromatic heterocycles. The summed E-state index contributed by atoms with van der Waals surface area (Å²) in [6.07, 6.45) is 7.04. The molecule has 1 saturated heterocycles. The lowest BCUT2D eigenvalue weighted by Gasteiger charge is -2.42. The summed E-state index contributed by atoms with van der Waals surface area (Å²) < 4.78 is 19.0. The minimum absolute atomic E-state index is 0.110. The van der Waals surface area contributed by atoms with E-state index in [4.69, 9.17) is 16.3 Å². The van der Waals surface area contributed by atoms with E-state index in [-0.39, 0.29) is 17.0 Å². The molecule has 1 atom stereocenters. The van der Waals surface area contributed by atoms with Crippen LogP contribution in [0.3, 0.4) is 0 Å². The third kappa shape index (κ3) is 4.67. The van der Waals surface area contributed by atoms with E-state index < -0.39 is 5.82 Å². The van der Waals surface area contributed by atoms with Gasteiger partial charge in [-0.3, -0.25) is 4.79 Å². The molecule has 2 fully saturated rings. The SMILES string of the molecule is C[C@@H]1CN(c2cc(Oc3ccc(F)cc3Cl)ncn2)CCN1C(=O)C1CCCCC1. The molecule has 1 saturated carbocycles. The first-order valence-corrected chi connectivity index (χ1v) is 10.9. The van der Waals surface area contributed by atoms with Crippen molar-refractivity contribution in [1.82, 2.24) is 14.9 Å². The average molecular weight is 433 g/mol. The maximum absolute atomic E-state index is 13.2. The number of carbonyl (C=O) groups is 1. The average Bonchev–Trinajstić information content (AvgIpc) is 2.76. The number of amides is 1. The number of aromatic nitrogens is 2. The van der Waals surface area contributed by atoms with Crippen LogP contribution in [-0.4, -0.2) is 46.5 Å². The lowest BCUT2D eigenvalue weighted by atomic mass is 9.88. The largest absolute Gasteiger partial charge is 0.437 e. The zero-order valence-electron chi connectivity index (χ0n) is 17.1. The Morgan fingerprint density at radius 1 is 1.17 bits per heavy atom. The van der Waals surface area contributed by atoms with E-state index in [0.29, 0.717) is 37.2 Å². The molecule has 1 amide bonds. The number of nitrogens with zero attached hydrogens (tertiary/aromatic N) is 4. The zero-order valence-corrected chi connectivity index (χ0v) is 17.8. The van der Waals surface area contributed by atoms with Gasteiger partial charge in [-0.2, -0.15) is 0 Å². The number of hydrogen-bond donors (Lipinski definition) is 0. The summed E-state index contributed by atoms with van der Waals surface area (Å²) >= 11 is 6.04. The Kier molecular flexibility index (Phi) is 6.37. The Bertz CT molecular complexity index is 906. The number of ether oxygens (including phenoxy) is 1. The highest BCUT2D eigenvalue weighted by Gasteiger charge is 2.32. The molecule has 2 heterocycles. The van der Waals surface area contributed by atoms with E-state index in [0.717, 1.165) is 31.5 Å². The molecule has 0 radical (unpaired) electrons. The van der Waals surface area contributed by atoms with Gasteiger partial charge in [0.25, 0.3) is 0 Å². The van der Waals surface area contributed by atoms with Crippen molar-refractivity contribution in [3.8, 4) is 11.6 Å². The maximum atomic E-state index is 13.2. The molecule has 8 heteroatoms. The smallest absolute Gasteiger partial charge is 0.226 e. The normalized spacial score (nSPS) is 20.3. The Hall–Kier alpha value is -2.41. The summed E-state index contributed by atoms with van der Waals surface area (Å²) in [5.41, 5.74) is 0. The van der Waals surface area contributed by atoms with Crippen molar-refractivity contribution >= 4 is 23.3 Å². The standard InChI is InChI=1S/C22H26ClFN4O2/c1-15-13-27(9-10-28(15)22(29)16-5-3-2-4-6-16)20-12-21(26-14-25-20)30-19-8-7-17(24)11-18(19)23/h7-8,11-12,14-16H,2-6,9-10,13H2,1H3/t15-/m1/s1. The molecule has 0 bridgehead atoms. The first kappa shape index (κ1) is 20.8. The monoisotopic (exact) mass is 432 g/mol. The van der Waals surface area contributed by atoms with Gasteiger partial charge in [0, 0.05) is 37.7 Å². The number of piperazine rings is 1. The van der Waals surface area contributed by atoms with Crippen molar-refractivity contribution < 1.29 is 13.9 Å². The van der Waals surface area contributed by atoms with Crippen LogP contribution in [-0.2, 0) is 4.79 Å². The second kappa shape index (κ2) is 9.16. The predicted octanol–water partition coefficient (Wildman–Crippen LogP) is 4.68. The van der Waals surface area contributed by atoms with E-state index in [1.165, 1.54) is 30.9 Å². The fourth-order valence-corrected chi connectivity index (χ4v) is 4.51. The van der Waals surface area contributed by atoms with Crippen LogP contribution in [0.1, 0.15) is 39.0 Å². The van der Waals surface area contributed by atoms with Crippen molar-refractivity contribution in [1.29, 1.82) is 0 Å². The van der Waals surface area contributed by atoms with Crippen molar-refractivity contribution in [3.63, 3.8) is 0 Å². The van der Waals surface area contributed by atoms with Crippen molar-refractivity contribution in [2.75, 3.05) is 24.5 Å². The topological polar surface area (TPSA) is 58.6 Å². The van der Waals surface area contributed by atoms with E-state index >= 15 is 0 Å². The maximum Gasteiger partial charge on any atom is 0.226 e. The molecule has 1 aliphatic carbocycles. The molecule has 1 aliphatic heterocycles. The van der Waals surface area contributed by atoms with Crippen LogP contribution >= 0.6 is 11.6 Å². The van der Waals surface area contributed by atoms with Gasteiger partial charge in [0.15, 0.2) is 0 Å². The van der Waals surface area contributed by atoms with Crippen molar-refractivity contribution in [3.05, 3.63) is 41.4 Å². The van der Waals surface area contributed by atoms with Crippen LogP contribution in [0, 0.1) is 11.7 Å². The second-order valence-electron chi connectivity index (χ2n) is 8.05. The number of hydrogen-bond acceptors (Lipinski definition) is 5. The first-order chi connectivity index (χ1) is 14.5. The van der Waals surface area contributed by atoms with Crippen LogP contribution in [0.15, 0.2) is 30.6 Å². The second-order valence-corrected chi connectivity index (χ2v) is 8.46. The molecule has 0 N–H and O–H groups in total. The van der Waals surface area contributed by atoms with Crippen LogP contribution < -0.4 is 9.64 Å². The highest BCUT2D eigenvalue weighted by atomic mass is 35.5. The summed E-state index contributed by atoms with van der Waals surface area (Å²) in [5.74, 6) is 1.47. The molecule has 4 rings (SSSR count). The van der Waals surface area contributed by atoms with Crippen LogP contribution in [0.2, 0.25) is 5.02 Å². The molecule has 6 nitrogen and oxygen atoms in total. The molecule has 0 spiro atoms. The Morgan fingerprint density at radius 3 is 2.70 bits per heavy atom. The summed E-state index contributed by atoms with van der Waals surface area (Å²) in [6.45, 7) is 4.17. The van der Waals surface area contributed by atoms with Crippen LogP contribution in [0.25, 0.3) is 0 Å². The number of halogens is 2. The lowest BCUT2D eigenvalue weighted by molar-refractivity contribution is -0.139. The van der Waals surface area contributed by atoms with Gasteiger partial charge in [0.05, 0.1) is 5.02 Å². The molecule has 0 unspecified atom stereocenters. The van der Waals surface area contributed by atoms with Gasteiger partial charge < -0.3 is 14.5 Å². The molecule has 1 aromatic carbocycles. The summed E-state index contributed by atoms with van der Waals surface area (Å²) in [5, 5.41) is 0.179. The molecule has 30 heavy (non-hydrogen) atoms. The van der Waals surface area contributed by atoms with Gasteiger partial charge in [-0.05, 0) is 38.0 Å². The van der Waals surface area contributed by atoms with Gasteiger partial charge in [0.1, 0.15) is 23.7 Å². The Labute approximate surface area is 181 Å². The minimum atomic E-state index is -0.426. The number of carbonyl (C=O) groups excluding carboxylic acids is 1. The number of benzene rings is 1. The van der Waals surface area contributed by atoms with Crippen molar-refractivity contribution in [2.24, 2.45) is 5.92 Å². The van der Waals surface area contributed by atoms with Gasteiger partial charge in [0.2, 0.25) is 11.8 Å².